The standard InChI is InChI=1S/C15H15N3O3/c16-14(19)13-8-12(17-21-13)15(20)18-7-6-11(9-18)10-4-2-1-3-5-10/h1-5,8,11H,6-7,9H2,(H2,16,19). The number of carbonyl (C=O) groups is 2. The highest BCUT2D eigenvalue weighted by Crippen LogP contribution is 2.27. The highest BCUT2D eigenvalue weighted by molar-refractivity contribution is 5.96. The van der Waals surface area contributed by atoms with E-state index in [-0.39, 0.29) is 17.4 Å². The van der Waals surface area contributed by atoms with Gasteiger partial charge in [-0.15, -0.1) is 0 Å². The van der Waals surface area contributed by atoms with Gasteiger partial charge in [-0.25, -0.2) is 0 Å². The van der Waals surface area contributed by atoms with Crippen molar-refractivity contribution in [2.24, 2.45) is 5.73 Å². The second kappa shape index (κ2) is 5.40. The van der Waals surface area contributed by atoms with Gasteiger partial charge in [-0.1, -0.05) is 35.5 Å². The number of hydrogen-bond donors (Lipinski definition) is 1. The van der Waals surface area contributed by atoms with Crippen molar-refractivity contribution in [1.29, 1.82) is 0 Å². The van der Waals surface area contributed by atoms with Crippen LogP contribution in [0.5, 0.6) is 0 Å². The van der Waals surface area contributed by atoms with Gasteiger partial charge >= 0.3 is 0 Å². The van der Waals surface area contributed by atoms with E-state index in [1.54, 1.807) is 4.90 Å². The second-order valence-corrected chi connectivity index (χ2v) is 5.09. The highest BCUT2D eigenvalue weighted by Gasteiger charge is 2.29. The largest absolute Gasteiger partial charge is 0.363 e. The Morgan fingerprint density at radius 3 is 2.71 bits per heavy atom. The molecule has 0 radical (unpaired) electrons. The number of hydrogen-bond acceptors (Lipinski definition) is 4. The maximum atomic E-state index is 12.3. The fourth-order valence-corrected chi connectivity index (χ4v) is 2.60. The van der Waals surface area contributed by atoms with Crippen molar-refractivity contribution in [1.82, 2.24) is 10.1 Å². The first-order chi connectivity index (χ1) is 10.1. The third kappa shape index (κ3) is 2.65. The molecule has 0 saturated carbocycles. The minimum Gasteiger partial charge on any atom is -0.363 e. The van der Waals surface area contributed by atoms with Gasteiger partial charge in [0.2, 0.25) is 5.76 Å². The summed E-state index contributed by atoms with van der Waals surface area (Å²) in [6.07, 6.45) is 0.913. The van der Waals surface area contributed by atoms with Crippen LogP contribution in [0.2, 0.25) is 0 Å². The summed E-state index contributed by atoms with van der Waals surface area (Å²) >= 11 is 0. The van der Waals surface area contributed by atoms with E-state index in [2.05, 4.69) is 17.3 Å². The Morgan fingerprint density at radius 1 is 1.29 bits per heavy atom. The minimum atomic E-state index is -0.731. The molecule has 0 aliphatic carbocycles. The first-order valence-corrected chi connectivity index (χ1v) is 6.76. The molecule has 1 aliphatic heterocycles. The third-order valence-electron chi connectivity index (χ3n) is 3.72. The Kier molecular flexibility index (Phi) is 3.43. The molecule has 2 heterocycles. The summed E-state index contributed by atoms with van der Waals surface area (Å²) in [6.45, 7) is 1.30. The van der Waals surface area contributed by atoms with Crippen molar-refractivity contribution in [2.45, 2.75) is 12.3 Å². The normalized spacial score (nSPS) is 17.9. The lowest BCUT2D eigenvalue weighted by atomic mass is 9.99. The van der Waals surface area contributed by atoms with E-state index in [1.165, 1.54) is 11.6 Å². The lowest BCUT2D eigenvalue weighted by molar-refractivity contribution is 0.0779. The van der Waals surface area contributed by atoms with Crippen molar-refractivity contribution in [3.63, 3.8) is 0 Å². The van der Waals surface area contributed by atoms with Crippen LogP contribution in [-0.4, -0.2) is 35.0 Å². The van der Waals surface area contributed by atoms with E-state index < -0.39 is 5.91 Å². The first kappa shape index (κ1) is 13.4. The molecule has 0 spiro atoms. The van der Waals surface area contributed by atoms with Gasteiger partial charge in [0.05, 0.1) is 0 Å². The highest BCUT2D eigenvalue weighted by atomic mass is 16.5. The Hall–Kier alpha value is -2.63. The number of amides is 2. The van der Waals surface area contributed by atoms with Crippen molar-refractivity contribution in [2.75, 3.05) is 13.1 Å². The molecule has 1 aromatic heterocycles. The summed E-state index contributed by atoms with van der Waals surface area (Å²) in [5.41, 5.74) is 6.43. The lowest BCUT2D eigenvalue weighted by Gasteiger charge is -2.15. The van der Waals surface area contributed by atoms with E-state index in [0.29, 0.717) is 19.0 Å². The molecule has 0 bridgehead atoms. The maximum absolute atomic E-state index is 12.3. The fourth-order valence-electron chi connectivity index (χ4n) is 2.60. The number of carbonyl (C=O) groups excluding carboxylic acids is 2. The minimum absolute atomic E-state index is 0.0999. The molecular formula is C15H15N3O3. The zero-order valence-corrected chi connectivity index (χ0v) is 11.4. The number of aromatic nitrogens is 1. The number of benzene rings is 1. The van der Waals surface area contributed by atoms with Crippen LogP contribution in [-0.2, 0) is 0 Å². The second-order valence-electron chi connectivity index (χ2n) is 5.09. The van der Waals surface area contributed by atoms with Crippen LogP contribution in [0.15, 0.2) is 40.9 Å². The van der Waals surface area contributed by atoms with E-state index in [9.17, 15) is 9.59 Å². The number of nitrogens with two attached hydrogens (primary N) is 1. The molecule has 2 N–H and O–H groups in total. The molecule has 1 fully saturated rings. The van der Waals surface area contributed by atoms with Crippen molar-refractivity contribution in [3.8, 4) is 0 Å². The molecule has 2 amide bonds. The van der Waals surface area contributed by atoms with Crippen LogP contribution in [0.3, 0.4) is 0 Å². The molecule has 1 aliphatic rings. The summed E-state index contributed by atoms with van der Waals surface area (Å²) < 4.78 is 4.75. The van der Waals surface area contributed by atoms with Crippen LogP contribution >= 0.6 is 0 Å². The zero-order chi connectivity index (χ0) is 14.8. The van der Waals surface area contributed by atoms with Gasteiger partial charge in [0.15, 0.2) is 5.69 Å². The fraction of sp³-hybridized carbons (Fsp3) is 0.267. The van der Waals surface area contributed by atoms with E-state index >= 15 is 0 Å². The van der Waals surface area contributed by atoms with Crippen LogP contribution < -0.4 is 5.73 Å². The van der Waals surface area contributed by atoms with Crippen molar-refractivity contribution < 1.29 is 14.1 Å². The van der Waals surface area contributed by atoms with Crippen LogP contribution in [0.1, 0.15) is 38.9 Å². The molecule has 6 nitrogen and oxygen atoms in total. The molecule has 1 atom stereocenters. The van der Waals surface area contributed by atoms with Gasteiger partial charge in [-0.3, -0.25) is 9.59 Å². The number of primary amides is 1. The van der Waals surface area contributed by atoms with Crippen molar-refractivity contribution >= 4 is 11.8 Å². The van der Waals surface area contributed by atoms with Gasteiger partial charge in [-0.05, 0) is 12.0 Å². The Morgan fingerprint density at radius 2 is 2.05 bits per heavy atom. The topological polar surface area (TPSA) is 89.4 Å². The smallest absolute Gasteiger partial charge is 0.287 e. The average molecular weight is 285 g/mol. The predicted octanol–water partition coefficient (Wildman–Crippen LogP) is 1.40. The van der Waals surface area contributed by atoms with Gasteiger partial charge in [-0.2, -0.15) is 0 Å². The molecule has 1 saturated heterocycles. The van der Waals surface area contributed by atoms with Crippen molar-refractivity contribution in [3.05, 3.63) is 53.4 Å². The molecule has 6 heteroatoms. The maximum Gasteiger partial charge on any atom is 0.287 e. The van der Waals surface area contributed by atoms with E-state index in [4.69, 9.17) is 10.3 Å². The summed E-state index contributed by atoms with van der Waals surface area (Å²) in [6, 6.07) is 11.4. The third-order valence-corrected chi connectivity index (χ3v) is 3.72. The molecule has 21 heavy (non-hydrogen) atoms. The Bertz CT molecular complexity index is 666. The lowest BCUT2D eigenvalue weighted by Crippen LogP contribution is -2.28. The van der Waals surface area contributed by atoms with Crippen LogP contribution in [0, 0.1) is 0 Å². The molecule has 108 valence electrons. The first-order valence-electron chi connectivity index (χ1n) is 6.76. The van der Waals surface area contributed by atoms with Gasteiger partial charge in [0, 0.05) is 25.1 Å². The Balaban J connectivity index is 1.70. The van der Waals surface area contributed by atoms with Gasteiger partial charge in [0.25, 0.3) is 11.8 Å². The van der Waals surface area contributed by atoms with Gasteiger partial charge in [0.1, 0.15) is 0 Å². The van der Waals surface area contributed by atoms with E-state index in [1.807, 2.05) is 18.2 Å². The summed E-state index contributed by atoms with van der Waals surface area (Å²) in [5, 5.41) is 3.61. The zero-order valence-electron chi connectivity index (χ0n) is 11.4. The quantitative estimate of drug-likeness (QED) is 0.923. The number of nitrogens with zero attached hydrogens (tertiary/aromatic N) is 2. The van der Waals surface area contributed by atoms with Crippen LogP contribution in [0.25, 0.3) is 0 Å². The Labute approximate surface area is 121 Å². The summed E-state index contributed by atoms with van der Waals surface area (Å²) in [4.78, 5) is 25.0. The monoisotopic (exact) mass is 285 g/mol. The number of likely N-dealkylation sites (tertiary alicyclic amines) is 1. The summed E-state index contributed by atoms with van der Waals surface area (Å²) in [5.74, 6) is -0.732. The van der Waals surface area contributed by atoms with Gasteiger partial charge < -0.3 is 15.2 Å². The molecule has 1 unspecified atom stereocenters. The average Bonchev–Trinajstić information content (AvgIpc) is 3.17. The van der Waals surface area contributed by atoms with E-state index in [0.717, 1.165) is 6.42 Å². The number of rotatable bonds is 3. The SMILES string of the molecule is NC(=O)c1cc(C(=O)N2CCC(c3ccccc3)C2)no1. The summed E-state index contributed by atoms with van der Waals surface area (Å²) in [7, 11) is 0. The molecule has 2 aromatic rings. The molecule has 3 rings (SSSR count). The molecular weight excluding hydrogens is 270 g/mol. The van der Waals surface area contributed by atoms with Crippen LogP contribution in [0.4, 0.5) is 0 Å². The molecule has 1 aromatic carbocycles. The predicted molar refractivity (Wildman–Crippen MR) is 74.7 cm³/mol.